The number of rotatable bonds is 4. The Hall–Kier alpha value is -1.30. The van der Waals surface area contributed by atoms with Crippen LogP contribution in [0.3, 0.4) is 0 Å². The van der Waals surface area contributed by atoms with Gasteiger partial charge in [0.05, 0.1) is 0 Å². The fraction of sp³-hybridized carbons (Fsp3) is 0.444. The molecule has 0 aliphatic carbocycles. The Kier molecular flexibility index (Phi) is 4.06. The van der Waals surface area contributed by atoms with Crippen molar-refractivity contribution in [3.8, 4) is 0 Å². The summed E-state index contributed by atoms with van der Waals surface area (Å²) in [4.78, 5) is 0. The van der Waals surface area contributed by atoms with E-state index in [0.717, 1.165) is 0 Å². The van der Waals surface area contributed by atoms with Crippen molar-refractivity contribution in [1.29, 1.82) is 0 Å². The van der Waals surface area contributed by atoms with Crippen molar-refractivity contribution in [2.75, 3.05) is 0 Å². The molecule has 0 aromatic heterocycles. The van der Waals surface area contributed by atoms with Gasteiger partial charge in [0.2, 0.25) is 0 Å². The van der Waals surface area contributed by atoms with Gasteiger partial charge in [0.1, 0.15) is 0 Å². The van der Waals surface area contributed by atoms with E-state index in [1.807, 2.05) is 0 Å². The standard InChI is InChI=1S/C18H24/c1-5-7-15-13(3)9-12-18-16(8-6-2)14(4)10-11-17(15)18/h9-12H,5-8H2,1-4H3. The van der Waals surface area contributed by atoms with E-state index in [1.165, 1.54) is 47.6 Å². The molecule has 0 unspecified atom stereocenters. The molecule has 0 nitrogen and oxygen atoms in total. The van der Waals surface area contributed by atoms with Crippen LogP contribution >= 0.6 is 0 Å². The lowest BCUT2D eigenvalue weighted by Gasteiger charge is -2.14. The van der Waals surface area contributed by atoms with E-state index in [4.69, 9.17) is 0 Å². The number of hydrogen-bond donors (Lipinski definition) is 0. The van der Waals surface area contributed by atoms with Crippen LogP contribution in [-0.2, 0) is 12.8 Å². The predicted octanol–water partition coefficient (Wildman–Crippen LogP) is 5.36. The third-order valence-corrected chi connectivity index (χ3v) is 3.89. The van der Waals surface area contributed by atoms with E-state index >= 15 is 0 Å². The molecule has 0 bridgehead atoms. The van der Waals surface area contributed by atoms with Crippen molar-refractivity contribution in [2.24, 2.45) is 0 Å². The van der Waals surface area contributed by atoms with Crippen LogP contribution in [-0.4, -0.2) is 0 Å². The molecule has 18 heavy (non-hydrogen) atoms. The van der Waals surface area contributed by atoms with Gasteiger partial charge in [-0.3, -0.25) is 0 Å². The Balaban J connectivity index is 2.71. The van der Waals surface area contributed by atoms with Gasteiger partial charge in [0.15, 0.2) is 0 Å². The Morgan fingerprint density at radius 3 is 1.39 bits per heavy atom. The van der Waals surface area contributed by atoms with Crippen molar-refractivity contribution < 1.29 is 0 Å². The van der Waals surface area contributed by atoms with Crippen molar-refractivity contribution >= 4 is 10.8 Å². The van der Waals surface area contributed by atoms with Gasteiger partial charge < -0.3 is 0 Å². The van der Waals surface area contributed by atoms with Crippen LogP contribution in [0.15, 0.2) is 24.3 Å². The van der Waals surface area contributed by atoms with E-state index < -0.39 is 0 Å². The first-order chi connectivity index (χ1) is 8.69. The summed E-state index contributed by atoms with van der Waals surface area (Å²) in [7, 11) is 0. The summed E-state index contributed by atoms with van der Waals surface area (Å²) in [6.45, 7) is 9.01. The lowest BCUT2D eigenvalue weighted by atomic mass is 9.90. The van der Waals surface area contributed by atoms with Crippen molar-refractivity contribution in [2.45, 2.75) is 53.4 Å². The van der Waals surface area contributed by atoms with Gasteiger partial charge in [-0.2, -0.15) is 0 Å². The molecular weight excluding hydrogens is 216 g/mol. The molecule has 0 atom stereocenters. The highest BCUT2D eigenvalue weighted by molar-refractivity contribution is 5.90. The Morgan fingerprint density at radius 1 is 0.667 bits per heavy atom. The van der Waals surface area contributed by atoms with Gasteiger partial charge in [-0.25, -0.2) is 0 Å². The summed E-state index contributed by atoms with van der Waals surface area (Å²) >= 11 is 0. The zero-order chi connectivity index (χ0) is 13.1. The largest absolute Gasteiger partial charge is 0.0651 e. The fourth-order valence-electron chi connectivity index (χ4n) is 2.91. The molecule has 96 valence electrons. The summed E-state index contributed by atoms with van der Waals surface area (Å²) in [6.07, 6.45) is 4.82. The third kappa shape index (κ3) is 2.29. The topological polar surface area (TPSA) is 0 Å². The maximum absolute atomic E-state index is 2.32. The first kappa shape index (κ1) is 13.1. The van der Waals surface area contributed by atoms with Crippen LogP contribution in [0, 0.1) is 13.8 Å². The zero-order valence-corrected chi connectivity index (χ0v) is 12.1. The average molecular weight is 240 g/mol. The smallest absolute Gasteiger partial charge is 0.0146 e. The maximum Gasteiger partial charge on any atom is -0.0146 e. The average Bonchev–Trinajstić information content (AvgIpc) is 2.36. The normalized spacial score (nSPS) is 11.1. The molecular formula is C18H24. The number of benzene rings is 2. The van der Waals surface area contributed by atoms with Gasteiger partial charge >= 0.3 is 0 Å². The maximum atomic E-state index is 2.32. The van der Waals surface area contributed by atoms with Gasteiger partial charge in [0.25, 0.3) is 0 Å². The molecule has 0 aliphatic rings. The molecule has 0 aliphatic heterocycles. The van der Waals surface area contributed by atoms with Gasteiger partial charge in [-0.05, 0) is 59.7 Å². The molecule has 0 saturated heterocycles. The number of fused-ring (bicyclic) bond motifs is 1. The molecule has 0 saturated carbocycles. The van der Waals surface area contributed by atoms with Crippen molar-refractivity contribution in [3.05, 3.63) is 46.5 Å². The first-order valence-corrected chi connectivity index (χ1v) is 7.19. The van der Waals surface area contributed by atoms with Crippen LogP contribution < -0.4 is 0 Å². The minimum atomic E-state index is 1.19. The summed E-state index contributed by atoms with van der Waals surface area (Å²) in [6, 6.07) is 9.24. The van der Waals surface area contributed by atoms with E-state index in [-0.39, 0.29) is 0 Å². The highest BCUT2D eigenvalue weighted by atomic mass is 14.1. The lowest BCUT2D eigenvalue weighted by Crippen LogP contribution is -1.96. The second-order valence-electron chi connectivity index (χ2n) is 5.32. The zero-order valence-electron chi connectivity index (χ0n) is 12.1. The summed E-state index contributed by atoms with van der Waals surface area (Å²) in [5.41, 5.74) is 5.98. The van der Waals surface area contributed by atoms with Crippen LogP contribution in [0.5, 0.6) is 0 Å². The second-order valence-corrected chi connectivity index (χ2v) is 5.32. The van der Waals surface area contributed by atoms with E-state index in [2.05, 4.69) is 52.0 Å². The van der Waals surface area contributed by atoms with Crippen molar-refractivity contribution in [1.82, 2.24) is 0 Å². The summed E-state index contributed by atoms with van der Waals surface area (Å²) in [5.74, 6) is 0. The predicted molar refractivity (Wildman–Crippen MR) is 81.4 cm³/mol. The van der Waals surface area contributed by atoms with E-state index in [1.54, 1.807) is 11.1 Å². The van der Waals surface area contributed by atoms with Crippen LogP contribution in [0.25, 0.3) is 10.8 Å². The third-order valence-electron chi connectivity index (χ3n) is 3.89. The second kappa shape index (κ2) is 5.56. The monoisotopic (exact) mass is 240 g/mol. The highest BCUT2D eigenvalue weighted by Gasteiger charge is 2.09. The molecule has 0 heteroatoms. The van der Waals surface area contributed by atoms with Crippen molar-refractivity contribution in [3.63, 3.8) is 0 Å². The summed E-state index contributed by atoms with van der Waals surface area (Å²) in [5, 5.41) is 2.96. The number of hydrogen-bond acceptors (Lipinski definition) is 0. The molecule has 2 rings (SSSR count). The number of aryl methyl sites for hydroxylation is 4. The molecule has 0 N–H and O–H groups in total. The summed E-state index contributed by atoms with van der Waals surface area (Å²) < 4.78 is 0. The SMILES string of the molecule is CCCc1c(C)ccc2c(CCC)c(C)ccc12. The van der Waals surface area contributed by atoms with E-state index in [9.17, 15) is 0 Å². The molecule has 0 heterocycles. The Labute approximate surface area is 111 Å². The molecule has 2 aromatic rings. The highest BCUT2D eigenvalue weighted by Crippen LogP contribution is 2.29. The van der Waals surface area contributed by atoms with Gasteiger partial charge in [-0.15, -0.1) is 0 Å². The fourth-order valence-corrected chi connectivity index (χ4v) is 2.91. The van der Waals surface area contributed by atoms with E-state index in [0.29, 0.717) is 0 Å². The first-order valence-electron chi connectivity index (χ1n) is 7.19. The minimum absolute atomic E-state index is 1.19. The van der Waals surface area contributed by atoms with Crippen LogP contribution in [0.4, 0.5) is 0 Å². The Bertz CT molecular complexity index is 498. The quantitative estimate of drug-likeness (QED) is 0.674. The Morgan fingerprint density at radius 2 is 1.06 bits per heavy atom. The molecule has 0 spiro atoms. The van der Waals surface area contributed by atoms with Crippen LogP contribution in [0.2, 0.25) is 0 Å². The van der Waals surface area contributed by atoms with Gasteiger partial charge in [-0.1, -0.05) is 51.0 Å². The lowest BCUT2D eigenvalue weighted by molar-refractivity contribution is 0.913. The molecule has 0 fully saturated rings. The minimum Gasteiger partial charge on any atom is -0.0651 e. The molecule has 0 radical (unpaired) electrons. The molecule has 2 aromatic carbocycles. The van der Waals surface area contributed by atoms with Gasteiger partial charge in [0, 0.05) is 0 Å². The van der Waals surface area contributed by atoms with Crippen LogP contribution in [0.1, 0.15) is 48.9 Å². The molecule has 0 amide bonds.